The first-order valence-electron chi connectivity index (χ1n) is 13.7. The Bertz CT molecular complexity index is 1570. The molecule has 2 atom stereocenters. The van der Waals surface area contributed by atoms with Crippen molar-refractivity contribution >= 4 is 34.6 Å². The van der Waals surface area contributed by atoms with Crippen LogP contribution in [0.5, 0.6) is 5.75 Å². The third-order valence-corrected chi connectivity index (χ3v) is 8.57. The maximum Gasteiger partial charge on any atom is 0.235 e. The van der Waals surface area contributed by atoms with Crippen LogP contribution in [0.2, 0.25) is 0 Å². The molecule has 3 aromatic carbocycles. The molecule has 0 bridgehead atoms. The number of amides is 1. The Labute approximate surface area is 227 Å². The lowest BCUT2D eigenvalue weighted by Gasteiger charge is -2.26. The van der Waals surface area contributed by atoms with Crippen molar-refractivity contribution in [3.8, 4) is 5.75 Å². The molecule has 1 aromatic heterocycles. The van der Waals surface area contributed by atoms with E-state index in [0.29, 0.717) is 0 Å². The van der Waals surface area contributed by atoms with Gasteiger partial charge >= 0.3 is 0 Å². The molecule has 3 heterocycles. The van der Waals surface area contributed by atoms with Gasteiger partial charge in [0.05, 0.1) is 36.9 Å². The lowest BCUT2D eigenvalue weighted by Crippen LogP contribution is -2.37. The smallest absolute Gasteiger partial charge is 0.235 e. The largest absolute Gasteiger partial charge is 0.497 e. The summed E-state index contributed by atoms with van der Waals surface area (Å²) in [6.07, 6.45) is 6.03. The van der Waals surface area contributed by atoms with Gasteiger partial charge in [-0.05, 0) is 65.4 Å². The molecule has 2 N–H and O–H groups in total. The summed E-state index contributed by atoms with van der Waals surface area (Å²) >= 11 is 0. The Morgan fingerprint density at radius 1 is 1.08 bits per heavy atom. The van der Waals surface area contributed by atoms with Gasteiger partial charge in [-0.1, -0.05) is 42.5 Å². The summed E-state index contributed by atoms with van der Waals surface area (Å²) in [5.41, 5.74) is 6.98. The quantitative estimate of drug-likeness (QED) is 0.359. The number of benzene rings is 3. The molecule has 0 radical (unpaired) electrons. The molecular weight excluding hydrogens is 488 g/mol. The molecule has 7 heteroatoms. The standard InChI is InChI=1S/C32H32N4O3/c1-38-24-8-11-29-26(19-24)32(31(37)33-29)20-27(32)23-7-9-25-28(34-35-30(25)18-23)10-6-21-2-4-22(5-3-21)12-13-36-14-16-39-17-15-36/h2-11,18-19,27H,12-17,20H2,1H3,(H,33,37)(H,34,35)/b10-6+/t27-,32?/m0/s1. The SMILES string of the molecule is COc1ccc2c(c1)C1(C[C@H]1c1ccc3c(/C=C/c4ccc(CCN5CCOCC5)cc4)n[nH]c3c1)C(=O)N2. The van der Waals surface area contributed by atoms with Crippen molar-refractivity contribution in [3.63, 3.8) is 0 Å². The maximum absolute atomic E-state index is 13.0. The molecule has 4 aromatic rings. The van der Waals surface area contributed by atoms with Crippen LogP contribution in [0.4, 0.5) is 5.69 Å². The van der Waals surface area contributed by atoms with Crippen molar-refractivity contribution in [2.45, 2.75) is 24.2 Å². The fraction of sp³-hybridized carbons (Fsp3) is 0.312. The van der Waals surface area contributed by atoms with Crippen LogP contribution in [-0.4, -0.2) is 61.0 Å². The number of hydrogen-bond acceptors (Lipinski definition) is 5. The number of rotatable bonds is 7. The Kier molecular flexibility index (Phi) is 5.98. The number of carbonyl (C=O) groups excluding carboxylic acids is 1. The van der Waals surface area contributed by atoms with Gasteiger partial charge in [0, 0.05) is 36.6 Å². The van der Waals surface area contributed by atoms with Gasteiger partial charge in [0.25, 0.3) is 0 Å². The zero-order valence-corrected chi connectivity index (χ0v) is 22.1. The van der Waals surface area contributed by atoms with E-state index in [1.165, 1.54) is 5.56 Å². The highest BCUT2D eigenvalue weighted by atomic mass is 16.5. The third-order valence-electron chi connectivity index (χ3n) is 8.57. The topological polar surface area (TPSA) is 79.5 Å². The molecule has 2 fully saturated rings. The van der Waals surface area contributed by atoms with E-state index in [9.17, 15) is 4.79 Å². The van der Waals surface area contributed by atoms with E-state index in [4.69, 9.17) is 9.47 Å². The molecule has 3 aliphatic rings. The summed E-state index contributed by atoms with van der Waals surface area (Å²) in [4.78, 5) is 15.5. The summed E-state index contributed by atoms with van der Waals surface area (Å²) in [6.45, 7) is 4.82. The zero-order valence-electron chi connectivity index (χ0n) is 22.1. The summed E-state index contributed by atoms with van der Waals surface area (Å²) in [6, 6.07) is 21.0. The second kappa shape index (κ2) is 9.67. The molecule has 7 rings (SSSR count). The maximum atomic E-state index is 13.0. The predicted molar refractivity (Wildman–Crippen MR) is 153 cm³/mol. The predicted octanol–water partition coefficient (Wildman–Crippen LogP) is 4.99. The van der Waals surface area contributed by atoms with Gasteiger partial charge in [0.1, 0.15) is 5.75 Å². The van der Waals surface area contributed by atoms with Crippen molar-refractivity contribution < 1.29 is 14.3 Å². The first-order valence-corrected chi connectivity index (χ1v) is 13.7. The van der Waals surface area contributed by atoms with Gasteiger partial charge in [-0.2, -0.15) is 5.10 Å². The van der Waals surface area contributed by atoms with E-state index in [-0.39, 0.29) is 11.8 Å². The van der Waals surface area contributed by atoms with Crippen molar-refractivity contribution in [1.29, 1.82) is 0 Å². The van der Waals surface area contributed by atoms with Crippen LogP contribution >= 0.6 is 0 Å². The Balaban J connectivity index is 1.05. The van der Waals surface area contributed by atoms with Gasteiger partial charge in [0.15, 0.2) is 0 Å². The molecule has 7 nitrogen and oxygen atoms in total. The fourth-order valence-electron chi connectivity index (χ4n) is 6.18. The number of nitrogens with one attached hydrogen (secondary N) is 2. The molecule has 1 spiro atoms. The molecule has 1 saturated carbocycles. The summed E-state index contributed by atoms with van der Waals surface area (Å²) in [5.74, 6) is 0.994. The van der Waals surface area contributed by atoms with Gasteiger partial charge in [-0.25, -0.2) is 0 Å². The Hall–Kier alpha value is -3.94. The number of nitrogens with zero attached hydrogens (tertiary/aromatic N) is 2. The monoisotopic (exact) mass is 520 g/mol. The van der Waals surface area contributed by atoms with E-state index >= 15 is 0 Å². The minimum atomic E-state index is -0.505. The van der Waals surface area contributed by atoms with Crippen molar-refractivity contribution in [3.05, 3.63) is 88.6 Å². The molecule has 39 heavy (non-hydrogen) atoms. The van der Waals surface area contributed by atoms with E-state index in [1.807, 2.05) is 18.2 Å². The van der Waals surface area contributed by atoms with E-state index in [0.717, 1.165) is 90.4 Å². The molecule has 1 saturated heterocycles. The van der Waals surface area contributed by atoms with Gasteiger partial charge < -0.3 is 14.8 Å². The van der Waals surface area contributed by atoms with Crippen LogP contribution in [0.3, 0.4) is 0 Å². The van der Waals surface area contributed by atoms with Crippen LogP contribution in [0.1, 0.15) is 40.3 Å². The Morgan fingerprint density at radius 3 is 2.74 bits per heavy atom. The number of ether oxygens (including phenoxy) is 2. The molecule has 198 valence electrons. The van der Waals surface area contributed by atoms with E-state index in [1.54, 1.807) is 7.11 Å². The lowest BCUT2D eigenvalue weighted by atomic mass is 9.91. The second-order valence-corrected chi connectivity index (χ2v) is 10.8. The second-order valence-electron chi connectivity index (χ2n) is 10.8. The van der Waals surface area contributed by atoms with Gasteiger partial charge in [0.2, 0.25) is 5.91 Å². The van der Waals surface area contributed by atoms with Crippen molar-refractivity contribution in [2.24, 2.45) is 0 Å². The van der Waals surface area contributed by atoms with E-state index < -0.39 is 5.41 Å². The van der Waals surface area contributed by atoms with E-state index in [2.05, 4.69) is 75.0 Å². The Morgan fingerprint density at radius 2 is 1.92 bits per heavy atom. The molecule has 1 aliphatic carbocycles. The van der Waals surface area contributed by atoms with Gasteiger partial charge in [-0.15, -0.1) is 0 Å². The highest BCUT2D eigenvalue weighted by Gasteiger charge is 2.65. The number of anilines is 1. The number of methoxy groups -OCH3 is 1. The van der Waals surface area contributed by atoms with Gasteiger partial charge in [-0.3, -0.25) is 14.8 Å². The number of carbonyl (C=O) groups is 1. The highest BCUT2D eigenvalue weighted by molar-refractivity contribution is 6.10. The molecule has 1 amide bonds. The van der Waals surface area contributed by atoms with Crippen LogP contribution in [-0.2, 0) is 21.4 Å². The molecular formula is C32H32N4O3. The normalized spacial score (nSPS) is 22.5. The average molecular weight is 521 g/mol. The van der Waals surface area contributed by atoms with Crippen molar-refractivity contribution in [2.75, 3.05) is 45.3 Å². The highest BCUT2D eigenvalue weighted by Crippen LogP contribution is 2.65. The van der Waals surface area contributed by atoms with Crippen LogP contribution in [0, 0.1) is 0 Å². The first-order chi connectivity index (χ1) is 19.1. The summed E-state index contributed by atoms with van der Waals surface area (Å²) < 4.78 is 10.9. The zero-order chi connectivity index (χ0) is 26.4. The summed E-state index contributed by atoms with van der Waals surface area (Å²) in [5, 5.41) is 11.9. The fourth-order valence-corrected chi connectivity index (χ4v) is 6.18. The third kappa shape index (κ3) is 4.32. The number of fused-ring (bicyclic) bond motifs is 3. The number of hydrogen-bond donors (Lipinski definition) is 2. The minimum Gasteiger partial charge on any atom is -0.497 e. The minimum absolute atomic E-state index is 0.0798. The molecule has 1 unspecified atom stereocenters. The molecule has 2 aliphatic heterocycles. The average Bonchev–Trinajstić information content (AvgIpc) is 3.52. The first kappa shape index (κ1) is 24.1. The van der Waals surface area contributed by atoms with Crippen LogP contribution in [0.15, 0.2) is 60.7 Å². The number of morpholine rings is 1. The van der Waals surface area contributed by atoms with Crippen LogP contribution < -0.4 is 10.1 Å². The number of aromatic amines is 1. The lowest BCUT2D eigenvalue weighted by molar-refractivity contribution is -0.118. The number of aromatic nitrogens is 2. The van der Waals surface area contributed by atoms with Crippen molar-refractivity contribution in [1.82, 2.24) is 15.1 Å². The van der Waals surface area contributed by atoms with Crippen LogP contribution in [0.25, 0.3) is 23.1 Å². The number of H-pyrrole nitrogens is 1. The summed E-state index contributed by atoms with van der Waals surface area (Å²) in [7, 11) is 1.66.